The predicted molar refractivity (Wildman–Crippen MR) is 107 cm³/mol. The molecule has 3 rings (SSSR count). The minimum absolute atomic E-state index is 0.00939. The standard InChI is InChI=1S/C18H23N5O.C2HF3O2/c1-4-22(3)17-14-8-10-23(11-9-15(14)19-12-20-17)18(24)16-7-5-6-13(2)21-16;3-2(4,5)1(6)7/h5-7,12H,4,8-11H2,1-3H3;(H,6,7). The summed E-state index contributed by atoms with van der Waals surface area (Å²) in [4.78, 5) is 38.9. The van der Waals surface area contributed by atoms with Crippen LogP contribution in [0.25, 0.3) is 0 Å². The fourth-order valence-electron chi connectivity index (χ4n) is 3.02. The van der Waals surface area contributed by atoms with Crippen LogP contribution in [0.2, 0.25) is 0 Å². The minimum atomic E-state index is -5.08. The summed E-state index contributed by atoms with van der Waals surface area (Å²) in [5, 5.41) is 7.12. The van der Waals surface area contributed by atoms with Crippen molar-refractivity contribution < 1.29 is 27.9 Å². The number of alkyl halides is 3. The van der Waals surface area contributed by atoms with Crippen LogP contribution < -0.4 is 4.90 Å². The number of hydrogen-bond acceptors (Lipinski definition) is 6. The summed E-state index contributed by atoms with van der Waals surface area (Å²) in [6, 6.07) is 5.56. The molecule has 2 aromatic heterocycles. The number of aryl methyl sites for hydroxylation is 1. The molecule has 0 radical (unpaired) electrons. The van der Waals surface area contributed by atoms with E-state index in [0.717, 1.165) is 42.2 Å². The van der Waals surface area contributed by atoms with Crippen molar-refractivity contribution in [2.24, 2.45) is 0 Å². The number of nitrogens with zero attached hydrogens (tertiary/aromatic N) is 5. The Morgan fingerprint density at radius 2 is 1.84 bits per heavy atom. The summed E-state index contributed by atoms with van der Waals surface area (Å²) in [5.41, 5.74) is 3.58. The largest absolute Gasteiger partial charge is 0.490 e. The van der Waals surface area contributed by atoms with Crippen LogP contribution in [0.1, 0.15) is 34.4 Å². The van der Waals surface area contributed by atoms with Crippen molar-refractivity contribution in [3.8, 4) is 0 Å². The van der Waals surface area contributed by atoms with Crippen molar-refractivity contribution >= 4 is 17.7 Å². The molecule has 1 N–H and O–H groups in total. The minimum Gasteiger partial charge on any atom is -0.475 e. The molecule has 0 unspecified atom stereocenters. The van der Waals surface area contributed by atoms with Gasteiger partial charge in [0, 0.05) is 44.4 Å². The van der Waals surface area contributed by atoms with Gasteiger partial charge in [-0.2, -0.15) is 13.2 Å². The third-order valence-corrected chi connectivity index (χ3v) is 4.74. The van der Waals surface area contributed by atoms with Crippen LogP contribution in [0.5, 0.6) is 0 Å². The van der Waals surface area contributed by atoms with E-state index < -0.39 is 12.1 Å². The first-order chi connectivity index (χ1) is 14.5. The monoisotopic (exact) mass is 439 g/mol. The van der Waals surface area contributed by atoms with E-state index in [9.17, 15) is 18.0 Å². The fourth-order valence-corrected chi connectivity index (χ4v) is 3.02. The molecule has 0 fully saturated rings. The molecule has 1 amide bonds. The van der Waals surface area contributed by atoms with Gasteiger partial charge in [-0.3, -0.25) is 4.79 Å². The van der Waals surface area contributed by atoms with Gasteiger partial charge in [0.25, 0.3) is 5.91 Å². The van der Waals surface area contributed by atoms with Crippen molar-refractivity contribution in [1.29, 1.82) is 0 Å². The zero-order valence-corrected chi connectivity index (χ0v) is 17.5. The Hall–Kier alpha value is -3.24. The Morgan fingerprint density at radius 1 is 1.19 bits per heavy atom. The van der Waals surface area contributed by atoms with Gasteiger partial charge in [0.2, 0.25) is 0 Å². The third-order valence-electron chi connectivity index (χ3n) is 4.74. The molecule has 0 saturated heterocycles. The lowest BCUT2D eigenvalue weighted by Gasteiger charge is -2.21. The number of carboxylic acid groups (broad SMARTS) is 1. The van der Waals surface area contributed by atoms with E-state index in [1.807, 2.05) is 31.0 Å². The fraction of sp³-hybridized carbons (Fsp3) is 0.450. The number of aliphatic carboxylic acids is 1. The van der Waals surface area contributed by atoms with Gasteiger partial charge < -0.3 is 14.9 Å². The average molecular weight is 439 g/mol. The van der Waals surface area contributed by atoms with Gasteiger partial charge in [-0.15, -0.1) is 0 Å². The molecule has 3 heterocycles. The van der Waals surface area contributed by atoms with Gasteiger partial charge in [-0.25, -0.2) is 19.7 Å². The molecule has 0 saturated carbocycles. The number of fused-ring (bicyclic) bond motifs is 1. The van der Waals surface area contributed by atoms with Crippen molar-refractivity contribution in [3.05, 3.63) is 47.2 Å². The first-order valence-electron chi connectivity index (χ1n) is 9.61. The number of amides is 1. The Balaban J connectivity index is 0.000000423. The highest BCUT2D eigenvalue weighted by molar-refractivity contribution is 5.92. The Labute approximate surface area is 177 Å². The maximum Gasteiger partial charge on any atom is 0.490 e. The van der Waals surface area contributed by atoms with Crippen LogP contribution in [0, 0.1) is 6.92 Å². The Morgan fingerprint density at radius 3 is 2.42 bits per heavy atom. The molecule has 1 aliphatic rings. The number of rotatable bonds is 3. The molecule has 11 heteroatoms. The van der Waals surface area contributed by atoms with E-state index in [2.05, 4.69) is 26.8 Å². The maximum atomic E-state index is 12.7. The van der Waals surface area contributed by atoms with E-state index in [4.69, 9.17) is 9.90 Å². The van der Waals surface area contributed by atoms with Gasteiger partial charge in [0.1, 0.15) is 17.8 Å². The van der Waals surface area contributed by atoms with Crippen molar-refractivity contribution in [2.45, 2.75) is 32.9 Å². The predicted octanol–water partition coefficient (Wildman–Crippen LogP) is 2.51. The van der Waals surface area contributed by atoms with Crippen molar-refractivity contribution in [2.75, 3.05) is 31.6 Å². The van der Waals surface area contributed by atoms with Crippen LogP contribution in [0.4, 0.5) is 19.0 Å². The lowest BCUT2D eigenvalue weighted by atomic mass is 10.1. The molecule has 2 aromatic rings. The summed E-state index contributed by atoms with van der Waals surface area (Å²) >= 11 is 0. The topological polar surface area (TPSA) is 99.5 Å². The molecule has 168 valence electrons. The highest BCUT2D eigenvalue weighted by atomic mass is 19.4. The number of carbonyl (C=O) groups excluding carboxylic acids is 1. The van der Waals surface area contributed by atoms with Crippen molar-refractivity contribution in [3.63, 3.8) is 0 Å². The smallest absolute Gasteiger partial charge is 0.475 e. The molecule has 0 bridgehead atoms. The summed E-state index contributed by atoms with van der Waals surface area (Å²) in [5.74, 6) is -1.79. The van der Waals surface area contributed by atoms with Crippen LogP contribution in [0.15, 0.2) is 24.5 Å². The second-order valence-electron chi connectivity index (χ2n) is 6.90. The highest BCUT2D eigenvalue weighted by Crippen LogP contribution is 2.23. The number of aromatic nitrogens is 3. The second kappa shape index (κ2) is 10.2. The number of pyridine rings is 1. The number of carbonyl (C=O) groups is 2. The van der Waals surface area contributed by atoms with E-state index in [1.165, 1.54) is 0 Å². The zero-order valence-electron chi connectivity index (χ0n) is 17.5. The summed E-state index contributed by atoms with van der Waals surface area (Å²) < 4.78 is 31.7. The molecule has 8 nitrogen and oxygen atoms in total. The van der Waals surface area contributed by atoms with Crippen LogP contribution >= 0.6 is 0 Å². The maximum absolute atomic E-state index is 12.7. The quantitative estimate of drug-likeness (QED) is 0.785. The molecule has 1 aliphatic heterocycles. The van der Waals surface area contributed by atoms with Gasteiger partial charge in [0.15, 0.2) is 0 Å². The summed E-state index contributed by atoms with van der Waals surface area (Å²) in [7, 11) is 2.03. The van der Waals surface area contributed by atoms with Gasteiger partial charge >= 0.3 is 12.1 Å². The molecular weight excluding hydrogens is 415 g/mol. The second-order valence-corrected chi connectivity index (χ2v) is 6.90. The van der Waals surface area contributed by atoms with Crippen molar-refractivity contribution in [1.82, 2.24) is 19.9 Å². The van der Waals surface area contributed by atoms with Gasteiger partial charge in [0.05, 0.1) is 5.69 Å². The number of carboxylic acids is 1. The van der Waals surface area contributed by atoms with Crippen LogP contribution in [-0.2, 0) is 17.6 Å². The summed E-state index contributed by atoms with van der Waals surface area (Å²) in [6.45, 7) is 6.22. The third kappa shape index (κ3) is 6.37. The first-order valence-corrected chi connectivity index (χ1v) is 9.61. The Bertz CT molecular complexity index is 937. The highest BCUT2D eigenvalue weighted by Gasteiger charge is 2.38. The number of hydrogen-bond donors (Lipinski definition) is 1. The van der Waals surface area contributed by atoms with E-state index in [0.29, 0.717) is 18.8 Å². The molecule has 0 aromatic carbocycles. The number of anilines is 1. The zero-order chi connectivity index (χ0) is 23.2. The lowest BCUT2D eigenvalue weighted by molar-refractivity contribution is -0.192. The average Bonchev–Trinajstić information content (AvgIpc) is 2.95. The first kappa shape index (κ1) is 24.0. The molecular formula is C20H24F3N5O3. The lowest BCUT2D eigenvalue weighted by Crippen LogP contribution is -2.34. The molecule has 0 aliphatic carbocycles. The van der Waals surface area contributed by atoms with Gasteiger partial charge in [-0.05, 0) is 32.4 Å². The van der Waals surface area contributed by atoms with E-state index in [-0.39, 0.29) is 5.91 Å². The van der Waals surface area contributed by atoms with E-state index in [1.54, 1.807) is 12.4 Å². The van der Waals surface area contributed by atoms with Crippen LogP contribution in [0.3, 0.4) is 0 Å². The summed E-state index contributed by atoms with van der Waals surface area (Å²) in [6.07, 6.45) is -1.94. The SMILES string of the molecule is CCN(C)c1ncnc2c1CCN(C(=O)c1cccc(C)n1)CC2.O=C(O)C(F)(F)F. The van der Waals surface area contributed by atoms with Gasteiger partial charge in [-0.1, -0.05) is 6.07 Å². The number of halogens is 3. The Kier molecular flexibility index (Phi) is 7.89. The molecule has 0 spiro atoms. The normalized spacial score (nSPS) is 13.4. The van der Waals surface area contributed by atoms with Crippen LogP contribution in [-0.4, -0.2) is 69.7 Å². The molecule has 31 heavy (non-hydrogen) atoms. The van der Waals surface area contributed by atoms with E-state index >= 15 is 0 Å². The molecule has 0 atom stereocenters.